The maximum Gasteiger partial charge on any atom is 0.160 e. The van der Waals surface area contributed by atoms with Crippen molar-refractivity contribution in [2.24, 2.45) is 0 Å². The number of rotatable bonds is 5. The van der Waals surface area contributed by atoms with Crippen LogP contribution in [-0.4, -0.2) is 9.97 Å². The lowest BCUT2D eigenvalue weighted by atomic mass is 9.81. The Morgan fingerprint density at radius 1 is 0.393 bits per heavy atom. The highest BCUT2D eigenvalue weighted by Gasteiger charge is 2.37. The molecule has 2 aromatic heterocycles. The van der Waals surface area contributed by atoms with Gasteiger partial charge in [0.05, 0.1) is 11.4 Å². The molecule has 0 N–H and O–H groups in total. The summed E-state index contributed by atoms with van der Waals surface area (Å²) in [5.41, 5.74) is 16.3. The van der Waals surface area contributed by atoms with Crippen molar-refractivity contribution in [3.05, 3.63) is 193 Å². The highest BCUT2D eigenvalue weighted by atomic mass is 16.3. The fraction of sp³-hybridized carbons (Fsp3) is 0.0566. The molecule has 3 nitrogen and oxygen atoms in total. The number of benzene rings is 8. The fourth-order valence-electron chi connectivity index (χ4n) is 8.85. The van der Waals surface area contributed by atoms with E-state index in [0.717, 1.165) is 66.7 Å². The third kappa shape index (κ3) is 5.12. The first kappa shape index (κ1) is 32.3. The van der Waals surface area contributed by atoms with Crippen LogP contribution in [0.15, 0.2) is 186 Å². The van der Waals surface area contributed by atoms with E-state index < -0.39 is 0 Å². The number of hydrogen-bond donors (Lipinski definition) is 0. The molecule has 0 atom stereocenters. The summed E-state index contributed by atoms with van der Waals surface area (Å²) < 4.78 is 6.26. The quantitative estimate of drug-likeness (QED) is 0.178. The molecule has 3 heteroatoms. The molecule has 0 radical (unpaired) electrons. The van der Waals surface area contributed by atoms with Gasteiger partial charge < -0.3 is 4.42 Å². The second-order valence-corrected chi connectivity index (χ2v) is 15.4. The lowest BCUT2D eigenvalue weighted by Gasteiger charge is -2.22. The van der Waals surface area contributed by atoms with E-state index in [1.165, 1.54) is 38.6 Å². The van der Waals surface area contributed by atoms with Crippen molar-refractivity contribution in [2.75, 3.05) is 0 Å². The summed E-state index contributed by atoms with van der Waals surface area (Å²) in [6, 6.07) is 64.8. The standard InChI is InChI=1S/C53H36N2O/c1-53(2)45-24-13-23-43(51(45)44-29-35-16-6-7-17-36(35)30-46(44)53)39-20-8-9-21-40(39)48-32-47(54-52(55-48)33-14-4-3-5-15-33)38-19-12-18-34(28-38)37-26-27-42-41-22-10-11-25-49(41)56-50(42)31-37/h3-32H,1-2H3. The van der Waals surface area contributed by atoms with Gasteiger partial charge in [0.15, 0.2) is 5.82 Å². The number of fused-ring (bicyclic) bond motifs is 7. The fourth-order valence-corrected chi connectivity index (χ4v) is 8.85. The molecule has 1 aliphatic carbocycles. The molecule has 0 saturated heterocycles. The van der Waals surface area contributed by atoms with Gasteiger partial charge in [0.2, 0.25) is 0 Å². The Bertz CT molecular complexity index is 3170. The third-order valence-corrected chi connectivity index (χ3v) is 11.7. The van der Waals surface area contributed by atoms with Crippen molar-refractivity contribution in [1.29, 1.82) is 0 Å². The summed E-state index contributed by atoms with van der Waals surface area (Å²) in [4.78, 5) is 10.5. The van der Waals surface area contributed by atoms with Crippen LogP contribution in [0.5, 0.6) is 0 Å². The second kappa shape index (κ2) is 12.5. The SMILES string of the molecule is CC1(C)c2cc3ccccc3cc2-c2c(-c3ccccc3-c3cc(-c4cccc(-c5ccc6c(c5)oc5ccccc56)c4)nc(-c4ccccc4)n3)cccc21. The van der Waals surface area contributed by atoms with Crippen molar-refractivity contribution in [2.45, 2.75) is 19.3 Å². The Morgan fingerprint density at radius 3 is 1.91 bits per heavy atom. The molecule has 0 saturated carbocycles. The predicted octanol–water partition coefficient (Wildman–Crippen LogP) is 14.2. The maximum absolute atomic E-state index is 6.26. The molecular weight excluding hydrogens is 681 g/mol. The minimum atomic E-state index is -0.137. The first-order valence-electron chi connectivity index (χ1n) is 19.2. The van der Waals surface area contributed by atoms with Crippen LogP contribution in [0, 0.1) is 0 Å². The maximum atomic E-state index is 6.26. The minimum Gasteiger partial charge on any atom is -0.456 e. The monoisotopic (exact) mass is 716 g/mol. The Labute approximate surface area is 325 Å². The van der Waals surface area contributed by atoms with E-state index in [9.17, 15) is 0 Å². The van der Waals surface area contributed by atoms with Gasteiger partial charge in [-0.2, -0.15) is 0 Å². The van der Waals surface area contributed by atoms with E-state index in [2.05, 4.69) is 166 Å². The van der Waals surface area contributed by atoms with E-state index in [1.807, 2.05) is 30.3 Å². The number of nitrogens with zero attached hydrogens (tertiary/aromatic N) is 2. The van der Waals surface area contributed by atoms with E-state index in [1.54, 1.807) is 0 Å². The average Bonchev–Trinajstić information content (AvgIpc) is 3.74. The highest BCUT2D eigenvalue weighted by molar-refractivity contribution is 6.06. The summed E-state index contributed by atoms with van der Waals surface area (Å²) >= 11 is 0. The molecule has 0 fully saturated rings. The van der Waals surface area contributed by atoms with Crippen LogP contribution in [0.2, 0.25) is 0 Å². The van der Waals surface area contributed by atoms with Crippen LogP contribution >= 0.6 is 0 Å². The van der Waals surface area contributed by atoms with E-state index in [0.29, 0.717) is 5.82 Å². The van der Waals surface area contributed by atoms with E-state index in [-0.39, 0.29) is 5.41 Å². The Kier molecular flexibility index (Phi) is 7.20. The molecule has 1 aliphatic rings. The van der Waals surface area contributed by atoms with Crippen LogP contribution in [-0.2, 0) is 5.41 Å². The largest absolute Gasteiger partial charge is 0.456 e. The van der Waals surface area contributed by atoms with Crippen LogP contribution < -0.4 is 0 Å². The first-order valence-corrected chi connectivity index (χ1v) is 19.2. The summed E-state index contributed by atoms with van der Waals surface area (Å²) in [6.07, 6.45) is 0. The normalized spacial score (nSPS) is 13.0. The average molecular weight is 717 g/mol. The number of hydrogen-bond acceptors (Lipinski definition) is 3. The Morgan fingerprint density at radius 2 is 1.04 bits per heavy atom. The molecule has 0 aliphatic heterocycles. The molecule has 10 aromatic rings. The van der Waals surface area contributed by atoms with Crippen LogP contribution in [0.25, 0.3) is 100.0 Å². The van der Waals surface area contributed by atoms with Gasteiger partial charge in [0.1, 0.15) is 11.2 Å². The minimum absolute atomic E-state index is 0.137. The summed E-state index contributed by atoms with van der Waals surface area (Å²) in [5, 5.41) is 4.78. The van der Waals surface area contributed by atoms with Gasteiger partial charge in [-0.05, 0) is 97.7 Å². The third-order valence-electron chi connectivity index (χ3n) is 11.7. The topological polar surface area (TPSA) is 38.9 Å². The zero-order valence-electron chi connectivity index (χ0n) is 31.1. The molecule has 0 bridgehead atoms. The van der Waals surface area contributed by atoms with Crippen molar-refractivity contribution < 1.29 is 4.42 Å². The van der Waals surface area contributed by atoms with E-state index >= 15 is 0 Å². The number of furan rings is 1. The molecule has 264 valence electrons. The molecule has 0 spiro atoms. The molecule has 8 aromatic carbocycles. The molecule has 0 amide bonds. The van der Waals surface area contributed by atoms with Crippen LogP contribution in [0.3, 0.4) is 0 Å². The predicted molar refractivity (Wildman–Crippen MR) is 232 cm³/mol. The smallest absolute Gasteiger partial charge is 0.160 e. The van der Waals surface area contributed by atoms with E-state index in [4.69, 9.17) is 14.4 Å². The lowest BCUT2D eigenvalue weighted by Crippen LogP contribution is -2.14. The van der Waals surface area contributed by atoms with Crippen molar-refractivity contribution in [3.8, 4) is 67.3 Å². The van der Waals surface area contributed by atoms with Gasteiger partial charge >= 0.3 is 0 Å². The summed E-state index contributed by atoms with van der Waals surface area (Å²) in [7, 11) is 0. The second-order valence-electron chi connectivity index (χ2n) is 15.4. The summed E-state index contributed by atoms with van der Waals surface area (Å²) in [5.74, 6) is 0.693. The Balaban J connectivity index is 1.08. The lowest BCUT2D eigenvalue weighted by molar-refractivity contribution is 0.661. The van der Waals surface area contributed by atoms with Gasteiger partial charge in [-0.1, -0.05) is 153 Å². The zero-order valence-corrected chi connectivity index (χ0v) is 31.1. The van der Waals surface area contributed by atoms with Crippen LogP contribution in [0.1, 0.15) is 25.0 Å². The van der Waals surface area contributed by atoms with Crippen LogP contribution in [0.4, 0.5) is 0 Å². The van der Waals surface area contributed by atoms with Crippen molar-refractivity contribution in [3.63, 3.8) is 0 Å². The summed E-state index contributed by atoms with van der Waals surface area (Å²) in [6.45, 7) is 4.71. The molecule has 0 unspecified atom stereocenters. The van der Waals surface area contributed by atoms with Gasteiger partial charge in [-0.3, -0.25) is 0 Å². The highest BCUT2D eigenvalue weighted by Crippen LogP contribution is 2.54. The van der Waals surface area contributed by atoms with Crippen molar-refractivity contribution in [1.82, 2.24) is 9.97 Å². The molecule has 56 heavy (non-hydrogen) atoms. The Hall–Kier alpha value is -7.10. The van der Waals surface area contributed by atoms with Crippen molar-refractivity contribution >= 4 is 32.7 Å². The first-order chi connectivity index (χ1) is 27.5. The van der Waals surface area contributed by atoms with Gasteiger partial charge in [0.25, 0.3) is 0 Å². The number of para-hydroxylation sites is 1. The molecular formula is C53H36N2O. The molecule has 11 rings (SSSR count). The number of aromatic nitrogens is 2. The van der Waals surface area contributed by atoms with Gasteiger partial charge in [-0.25, -0.2) is 9.97 Å². The van der Waals surface area contributed by atoms with Gasteiger partial charge in [-0.15, -0.1) is 0 Å². The molecule has 2 heterocycles. The zero-order chi connectivity index (χ0) is 37.4. The van der Waals surface area contributed by atoms with Gasteiger partial charge in [0, 0.05) is 32.9 Å².